The van der Waals surface area contributed by atoms with E-state index in [1.165, 1.54) is 50.5 Å². The highest BCUT2D eigenvalue weighted by Gasteiger charge is 2.14. The molecule has 3 heteroatoms. The van der Waals surface area contributed by atoms with Crippen LogP contribution in [0.2, 0.25) is 0 Å². The Kier molecular flexibility index (Phi) is 8.61. The van der Waals surface area contributed by atoms with E-state index in [2.05, 4.69) is 53.4 Å². The van der Waals surface area contributed by atoms with Crippen molar-refractivity contribution >= 4 is 0 Å². The van der Waals surface area contributed by atoms with Crippen molar-refractivity contribution in [2.75, 3.05) is 6.54 Å². The first-order valence-electron chi connectivity index (χ1n) is 9.68. The molecule has 0 bridgehead atoms. The topological polar surface area (TPSA) is 40.7 Å². The van der Waals surface area contributed by atoms with Crippen LogP contribution in [0.15, 0.2) is 36.5 Å². The van der Waals surface area contributed by atoms with Gasteiger partial charge in [0.25, 0.3) is 0 Å². The van der Waals surface area contributed by atoms with Gasteiger partial charge in [-0.3, -0.25) is 0 Å². The van der Waals surface area contributed by atoms with Gasteiger partial charge >= 0.3 is 0 Å². The number of hydrogen-bond donors (Lipinski definition) is 2. The smallest absolute Gasteiger partial charge is 0.123 e. The van der Waals surface area contributed by atoms with E-state index in [9.17, 15) is 0 Å². The van der Waals surface area contributed by atoms with Crippen LogP contribution in [0.25, 0.3) is 11.3 Å². The third-order valence-electron chi connectivity index (χ3n) is 4.53. The predicted octanol–water partition coefficient (Wildman–Crippen LogP) is 5.87. The zero-order valence-corrected chi connectivity index (χ0v) is 15.4. The first kappa shape index (κ1) is 18.7. The number of benzene rings is 1. The number of H-pyrrole nitrogens is 1. The first-order valence-corrected chi connectivity index (χ1v) is 9.68. The molecule has 0 saturated heterocycles. The van der Waals surface area contributed by atoms with E-state index in [4.69, 9.17) is 0 Å². The van der Waals surface area contributed by atoms with Gasteiger partial charge < -0.3 is 10.3 Å². The molecule has 2 N–H and O–H groups in total. The van der Waals surface area contributed by atoms with Gasteiger partial charge in [-0.25, -0.2) is 4.98 Å². The Morgan fingerprint density at radius 1 is 0.958 bits per heavy atom. The number of rotatable bonds is 12. The molecule has 0 unspecified atom stereocenters. The number of unbranched alkanes of at least 4 members (excludes halogenated alkanes) is 5. The SMILES string of the molecule is CCCCCC[C@H](NCCCCC)c1ncc(-c2ccccc2)[nH]1. The molecule has 2 rings (SSSR count). The lowest BCUT2D eigenvalue weighted by atomic mass is 10.1. The number of nitrogens with zero attached hydrogens (tertiary/aromatic N) is 1. The van der Waals surface area contributed by atoms with Crippen molar-refractivity contribution in [3.63, 3.8) is 0 Å². The highest BCUT2D eigenvalue weighted by Crippen LogP contribution is 2.22. The van der Waals surface area contributed by atoms with Crippen molar-refractivity contribution in [3.05, 3.63) is 42.4 Å². The van der Waals surface area contributed by atoms with Crippen molar-refractivity contribution in [1.29, 1.82) is 0 Å². The highest BCUT2D eigenvalue weighted by atomic mass is 15.0. The van der Waals surface area contributed by atoms with Gasteiger partial charge in [-0.05, 0) is 24.9 Å². The second-order valence-corrected chi connectivity index (χ2v) is 6.61. The maximum Gasteiger partial charge on any atom is 0.123 e. The fraction of sp³-hybridized carbons (Fsp3) is 0.571. The van der Waals surface area contributed by atoms with Crippen molar-refractivity contribution in [3.8, 4) is 11.3 Å². The van der Waals surface area contributed by atoms with Crippen LogP contribution >= 0.6 is 0 Å². The summed E-state index contributed by atoms with van der Waals surface area (Å²) >= 11 is 0. The van der Waals surface area contributed by atoms with Crippen LogP contribution in [-0.4, -0.2) is 16.5 Å². The van der Waals surface area contributed by atoms with E-state index in [-0.39, 0.29) is 0 Å². The number of aromatic nitrogens is 2. The maximum absolute atomic E-state index is 4.67. The van der Waals surface area contributed by atoms with Crippen molar-refractivity contribution in [1.82, 2.24) is 15.3 Å². The minimum absolute atomic E-state index is 0.344. The van der Waals surface area contributed by atoms with Crippen LogP contribution in [-0.2, 0) is 0 Å². The third kappa shape index (κ3) is 6.12. The summed E-state index contributed by atoms with van der Waals surface area (Å²) in [5.41, 5.74) is 2.31. The molecule has 132 valence electrons. The molecule has 0 aliphatic rings. The van der Waals surface area contributed by atoms with E-state index in [0.717, 1.165) is 24.5 Å². The van der Waals surface area contributed by atoms with Crippen LogP contribution in [0.4, 0.5) is 0 Å². The number of imidazole rings is 1. The predicted molar refractivity (Wildman–Crippen MR) is 103 cm³/mol. The zero-order chi connectivity index (χ0) is 17.0. The monoisotopic (exact) mass is 327 g/mol. The van der Waals surface area contributed by atoms with E-state index in [1.807, 2.05) is 12.3 Å². The molecule has 0 spiro atoms. The maximum atomic E-state index is 4.67. The van der Waals surface area contributed by atoms with Crippen molar-refractivity contribution in [2.45, 2.75) is 71.3 Å². The second-order valence-electron chi connectivity index (χ2n) is 6.61. The molecule has 3 nitrogen and oxygen atoms in total. The lowest BCUT2D eigenvalue weighted by molar-refractivity contribution is 0.446. The molecule has 2 aromatic rings. The Morgan fingerprint density at radius 2 is 1.71 bits per heavy atom. The van der Waals surface area contributed by atoms with E-state index >= 15 is 0 Å². The minimum atomic E-state index is 0.344. The van der Waals surface area contributed by atoms with Gasteiger partial charge in [0.05, 0.1) is 17.9 Å². The summed E-state index contributed by atoms with van der Waals surface area (Å²) < 4.78 is 0. The summed E-state index contributed by atoms with van der Waals surface area (Å²) in [6.07, 6.45) is 12.1. The molecule has 0 radical (unpaired) electrons. The summed E-state index contributed by atoms with van der Waals surface area (Å²) in [6, 6.07) is 10.8. The Hall–Kier alpha value is -1.61. The van der Waals surface area contributed by atoms with E-state index in [1.54, 1.807) is 0 Å². The number of hydrogen-bond acceptors (Lipinski definition) is 2. The summed E-state index contributed by atoms with van der Waals surface area (Å²) in [5.74, 6) is 1.09. The minimum Gasteiger partial charge on any atom is -0.341 e. The van der Waals surface area contributed by atoms with Crippen LogP contribution in [0.5, 0.6) is 0 Å². The molecule has 24 heavy (non-hydrogen) atoms. The molecule has 1 heterocycles. The fourth-order valence-corrected chi connectivity index (χ4v) is 3.04. The largest absolute Gasteiger partial charge is 0.341 e. The van der Waals surface area contributed by atoms with Crippen LogP contribution in [0.1, 0.15) is 77.1 Å². The Bertz CT molecular complexity index is 535. The molecule has 0 saturated carbocycles. The Balaban J connectivity index is 1.98. The molecule has 0 fully saturated rings. The van der Waals surface area contributed by atoms with Gasteiger partial charge in [0, 0.05) is 0 Å². The molecule has 0 aliphatic carbocycles. The van der Waals surface area contributed by atoms with Gasteiger partial charge in [0.1, 0.15) is 5.82 Å². The van der Waals surface area contributed by atoms with Crippen LogP contribution in [0.3, 0.4) is 0 Å². The average molecular weight is 328 g/mol. The number of aromatic amines is 1. The summed E-state index contributed by atoms with van der Waals surface area (Å²) in [7, 11) is 0. The summed E-state index contributed by atoms with van der Waals surface area (Å²) in [6.45, 7) is 5.59. The van der Waals surface area contributed by atoms with Gasteiger partial charge in [-0.15, -0.1) is 0 Å². The van der Waals surface area contributed by atoms with E-state index in [0.29, 0.717) is 6.04 Å². The fourth-order valence-electron chi connectivity index (χ4n) is 3.04. The lowest BCUT2D eigenvalue weighted by Crippen LogP contribution is -2.23. The molecule has 0 aliphatic heterocycles. The quantitative estimate of drug-likeness (QED) is 0.479. The van der Waals surface area contributed by atoms with Gasteiger partial charge in [0.2, 0.25) is 0 Å². The third-order valence-corrected chi connectivity index (χ3v) is 4.53. The van der Waals surface area contributed by atoms with Gasteiger partial charge in [-0.2, -0.15) is 0 Å². The van der Waals surface area contributed by atoms with Crippen molar-refractivity contribution in [2.24, 2.45) is 0 Å². The Labute approximate surface area is 147 Å². The lowest BCUT2D eigenvalue weighted by Gasteiger charge is -2.16. The molecule has 0 amide bonds. The average Bonchev–Trinajstić information content (AvgIpc) is 3.11. The van der Waals surface area contributed by atoms with Gasteiger partial charge in [0.15, 0.2) is 0 Å². The zero-order valence-electron chi connectivity index (χ0n) is 15.4. The second kappa shape index (κ2) is 11.0. The normalized spacial score (nSPS) is 12.4. The summed E-state index contributed by atoms with van der Waals surface area (Å²) in [4.78, 5) is 8.21. The Morgan fingerprint density at radius 3 is 2.46 bits per heavy atom. The highest BCUT2D eigenvalue weighted by molar-refractivity contribution is 5.58. The molecule has 1 atom stereocenters. The molecular formula is C21H33N3. The van der Waals surface area contributed by atoms with Crippen molar-refractivity contribution < 1.29 is 0 Å². The van der Waals surface area contributed by atoms with E-state index < -0.39 is 0 Å². The number of nitrogens with one attached hydrogen (secondary N) is 2. The van der Waals surface area contributed by atoms with Gasteiger partial charge in [-0.1, -0.05) is 82.7 Å². The molecule has 1 aromatic carbocycles. The van der Waals surface area contributed by atoms with Crippen LogP contribution in [0, 0.1) is 0 Å². The standard InChI is InChI=1S/C21H33N3/c1-3-5-7-11-15-19(22-16-12-6-4-2)21-23-17-20(24-21)18-13-9-8-10-14-18/h8-10,13-14,17,19,22H,3-7,11-12,15-16H2,1-2H3,(H,23,24)/t19-/m0/s1. The van der Waals surface area contributed by atoms with Crippen LogP contribution < -0.4 is 5.32 Å². The summed E-state index contributed by atoms with van der Waals surface area (Å²) in [5, 5.41) is 3.72. The first-order chi connectivity index (χ1) is 11.8. The molecule has 1 aromatic heterocycles. The molecular weight excluding hydrogens is 294 g/mol.